The number of ether oxygens (including phenoxy) is 1. The van der Waals surface area contributed by atoms with Crippen molar-refractivity contribution in [2.24, 2.45) is 5.41 Å². The number of nitrogens with zero attached hydrogens (tertiary/aromatic N) is 1. The molecule has 1 heterocycles. The Morgan fingerprint density at radius 1 is 1.27 bits per heavy atom. The van der Waals surface area contributed by atoms with Gasteiger partial charge in [-0.2, -0.15) is 11.8 Å². The van der Waals surface area contributed by atoms with Crippen LogP contribution in [0.1, 0.15) is 58.4 Å². The Balaban J connectivity index is 1.61. The fraction of sp³-hybridized carbons (Fsp3) is 0.655. The highest BCUT2D eigenvalue weighted by Gasteiger charge is 2.44. The second kappa shape index (κ2) is 12.5. The van der Waals surface area contributed by atoms with Gasteiger partial charge in [-0.25, -0.2) is 4.39 Å². The summed E-state index contributed by atoms with van der Waals surface area (Å²) in [7, 11) is -0.591. The van der Waals surface area contributed by atoms with Crippen LogP contribution >= 0.6 is 11.8 Å². The standard InChI is InChI=1S/C29H44FNO4SSi/c1-28(2,3)37(5,6)35-25(19-22-7-9-23(30)10-8-22)13-11-24-12-14-26(32)31(24)17-18-36-21-29(15-16-29)20-27(33)34-4/h7-11,13,24-25H,12,14-21H2,1-6H3/b13-11+/t24-,25+/m0/s1. The van der Waals surface area contributed by atoms with Crippen LogP contribution in [0.4, 0.5) is 4.39 Å². The van der Waals surface area contributed by atoms with Crippen molar-refractivity contribution in [1.82, 2.24) is 4.90 Å². The Kier molecular flexibility index (Phi) is 10.1. The second-order valence-electron chi connectivity index (χ2n) is 12.1. The Morgan fingerprint density at radius 2 is 1.95 bits per heavy atom. The number of likely N-dealkylation sites (tertiary alicyclic amines) is 1. The first-order valence-electron chi connectivity index (χ1n) is 13.4. The van der Waals surface area contributed by atoms with E-state index in [4.69, 9.17) is 9.16 Å². The van der Waals surface area contributed by atoms with Gasteiger partial charge in [-0.3, -0.25) is 9.59 Å². The summed E-state index contributed by atoms with van der Waals surface area (Å²) in [6.07, 6.45) is 8.84. The molecule has 0 N–H and O–H groups in total. The number of hydrogen-bond acceptors (Lipinski definition) is 5. The maximum absolute atomic E-state index is 13.5. The molecule has 1 saturated heterocycles. The summed E-state index contributed by atoms with van der Waals surface area (Å²) in [5.74, 6) is 1.62. The van der Waals surface area contributed by atoms with E-state index in [0.717, 1.165) is 36.3 Å². The summed E-state index contributed by atoms with van der Waals surface area (Å²) in [5, 5.41) is 0.0707. The third kappa shape index (κ3) is 8.68. The molecule has 206 valence electrons. The van der Waals surface area contributed by atoms with Crippen molar-refractivity contribution in [2.45, 2.75) is 89.6 Å². The SMILES string of the molecule is COC(=O)CC1(CSCCN2C(=O)CC[C@@H]2/C=C/[C@H](Cc2ccc(F)cc2)O[Si](C)(C)C(C)(C)C)CC1. The summed E-state index contributed by atoms with van der Waals surface area (Å²) >= 11 is 1.83. The van der Waals surface area contributed by atoms with Crippen LogP contribution in [0, 0.1) is 11.2 Å². The zero-order valence-electron chi connectivity index (χ0n) is 23.3. The topological polar surface area (TPSA) is 55.8 Å². The third-order valence-corrected chi connectivity index (χ3v) is 13.9. The lowest BCUT2D eigenvalue weighted by Gasteiger charge is -2.39. The van der Waals surface area contributed by atoms with Crippen LogP contribution in [0.3, 0.4) is 0 Å². The predicted molar refractivity (Wildman–Crippen MR) is 152 cm³/mol. The molecular weight excluding hydrogens is 505 g/mol. The second-order valence-corrected chi connectivity index (χ2v) is 18.0. The van der Waals surface area contributed by atoms with Crippen molar-refractivity contribution in [3.63, 3.8) is 0 Å². The van der Waals surface area contributed by atoms with Crippen LogP contribution in [0.15, 0.2) is 36.4 Å². The minimum absolute atomic E-state index is 0.0665. The number of halogens is 1. The summed E-state index contributed by atoms with van der Waals surface area (Å²) in [4.78, 5) is 26.3. The van der Waals surface area contributed by atoms with Gasteiger partial charge in [0.05, 0.1) is 25.7 Å². The Hall–Kier alpha value is -1.64. The number of hydrogen-bond donors (Lipinski definition) is 0. The molecule has 0 aromatic heterocycles. The molecule has 0 spiro atoms. The van der Waals surface area contributed by atoms with E-state index in [1.807, 2.05) is 28.8 Å². The first kappa shape index (κ1) is 29.9. The average molecular weight is 550 g/mol. The first-order chi connectivity index (χ1) is 17.3. The summed E-state index contributed by atoms with van der Waals surface area (Å²) in [6, 6.07) is 6.70. The van der Waals surface area contributed by atoms with Crippen molar-refractivity contribution in [3.05, 3.63) is 47.8 Å². The normalized spacial score (nSPS) is 20.5. The van der Waals surface area contributed by atoms with Crippen LogP contribution in [0.2, 0.25) is 18.1 Å². The zero-order valence-corrected chi connectivity index (χ0v) is 25.2. The molecule has 2 atom stereocenters. The Labute approximate surface area is 227 Å². The summed E-state index contributed by atoms with van der Waals surface area (Å²) < 4.78 is 25.1. The van der Waals surface area contributed by atoms with Crippen molar-refractivity contribution in [3.8, 4) is 0 Å². The summed E-state index contributed by atoms with van der Waals surface area (Å²) in [5.41, 5.74) is 1.13. The maximum atomic E-state index is 13.5. The molecule has 8 heteroatoms. The third-order valence-electron chi connectivity index (χ3n) is 8.11. The molecule has 1 saturated carbocycles. The highest BCUT2D eigenvalue weighted by atomic mass is 32.2. The lowest BCUT2D eigenvalue weighted by molar-refractivity contribution is -0.141. The number of thioether (sulfide) groups is 1. The molecule has 1 amide bonds. The molecule has 5 nitrogen and oxygen atoms in total. The van der Waals surface area contributed by atoms with Gasteiger partial charge >= 0.3 is 5.97 Å². The number of esters is 1. The Morgan fingerprint density at radius 3 is 2.54 bits per heavy atom. The monoisotopic (exact) mass is 549 g/mol. The van der Waals surface area contributed by atoms with Crippen LogP contribution in [-0.4, -0.2) is 62.4 Å². The van der Waals surface area contributed by atoms with E-state index in [0.29, 0.717) is 25.8 Å². The fourth-order valence-corrected chi connectivity index (χ4v) is 7.00. The molecule has 2 fully saturated rings. The van der Waals surface area contributed by atoms with Gasteiger partial charge in [-0.1, -0.05) is 45.1 Å². The van der Waals surface area contributed by atoms with Crippen molar-refractivity contribution in [1.29, 1.82) is 0 Å². The maximum Gasteiger partial charge on any atom is 0.306 e. The zero-order chi connectivity index (χ0) is 27.3. The van der Waals surface area contributed by atoms with Crippen molar-refractivity contribution in [2.75, 3.05) is 25.2 Å². The molecule has 1 aromatic carbocycles. The number of carbonyl (C=O) groups is 2. The van der Waals surface area contributed by atoms with Crippen molar-refractivity contribution < 1.29 is 23.1 Å². The van der Waals surface area contributed by atoms with Gasteiger partial charge < -0.3 is 14.1 Å². The Bertz CT molecular complexity index is 956. The lowest BCUT2D eigenvalue weighted by atomic mass is 10.1. The van der Waals surface area contributed by atoms with Gasteiger partial charge in [0.1, 0.15) is 5.82 Å². The smallest absolute Gasteiger partial charge is 0.306 e. The van der Waals surface area contributed by atoms with Gasteiger partial charge in [0, 0.05) is 25.1 Å². The molecule has 1 aliphatic heterocycles. The molecule has 2 aliphatic rings. The number of benzene rings is 1. The van der Waals surface area contributed by atoms with Gasteiger partial charge in [0.15, 0.2) is 8.32 Å². The molecule has 0 bridgehead atoms. The fourth-order valence-electron chi connectivity index (χ4n) is 4.43. The summed E-state index contributed by atoms with van der Waals surface area (Å²) in [6.45, 7) is 11.9. The highest BCUT2D eigenvalue weighted by molar-refractivity contribution is 7.99. The lowest BCUT2D eigenvalue weighted by Crippen LogP contribution is -2.44. The quantitative estimate of drug-likeness (QED) is 0.124. The minimum Gasteiger partial charge on any atom is -0.469 e. The van der Waals surface area contributed by atoms with E-state index in [2.05, 4.69) is 46.0 Å². The average Bonchev–Trinajstić information content (AvgIpc) is 3.49. The number of methoxy groups -OCH3 is 1. The van der Waals surface area contributed by atoms with E-state index < -0.39 is 8.32 Å². The van der Waals surface area contributed by atoms with Gasteiger partial charge in [-0.05, 0) is 66.3 Å². The van der Waals surface area contributed by atoms with E-state index in [1.165, 1.54) is 19.2 Å². The number of amides is 1. The van der Waals surface area contributed by atoms with Gasteiger partial charge in [0.2, 0.25) is 5.91 Å². The molecule has 1 aromatic rings. The van der Waals surface area contributed by atoms with E-state index >= 15 is 0 Å². The van der Waals surface area contributed by atoms with Crippen LogP contribution in [0.25, 0.3) is 0 Å². The number of carbonyl (C=O) groups excluding carboxylic acids is 2. The molecule has 3 rings (SSSR count). The van der Waals surface area contributed by atoms with Crippen molar-refractivity contribution >= 4 is 32.0 Å². The molecule has 37 heavy (non-hydrogen) atoms. The van der Waals surface area contributed by atoms with E-state index in [1.54, 1.807) is 0 Å². The predicted octanol–water partition coefficient (Wildman–Crippen LogP) is 6.38. The van der Waals surface area contributed by atoms with Crippen LogP contribution in [-0.2, 0) is 25.2 Å². The molecule has 0 radical (unpaired) electrons. The molecule has 0 unspecified atom stereocenters. The van der Waals surface area contributed by atoms with E-state index in [-0.39, 0.29) is 40.3 Å². The van der Waals surface area contributed by atoms with E-state index in [9.17, 15) is 14.0 Å². The van der Waals surface area contributed by atoms with Gasteiger partial charge in [0.25, 0.3) is 0 Å². The highest BCUT2D eigenvalue weighted by Crippen LogP contribution is 2.51. The largest absolute Gasteiger partial charge is 0.469 e. The first-order valence-corrected chi connectivity index (χ1v) is 17.5. The minimum atomic E-state index is -2.03. The van der Waals surface area contributed by atoms with Crippen LogP contribution < -0.4 is 0 Å². The van der Waals surface area contributed by atoms with Gasteiger partial charge in [-0.15, -0.1) is 0 Å². The molecular formula is C29H44FNO4SSi. The van der Waals surface area contributed by atoms with Crippen LogP contribution in [0.5, 0.6) is 0 Å². The molecule has 1 aliphatic carbocycles. The number of rotatable bonds is 13.